The minimum absolute atomic E-state index is 0.0871. The maximum atomic E-state index is 13.5. The zero-order valence-electron chi connectivity index (χ0n) is 20.9. The molecule has 2 rings (SSSR count). The van der Waals surface area contributed by atoms with E-state index >= 15 is 0 Å². The van der Waals surface area contributed by atoms with Gasteiger partial charge in [-0.3, -0.25) is 25.1 Å². The third kappa shape index (κ3) is 8.77. The number of amides is 2. The molecule has 6 N–H and O–H groups in total. The second kappa shape index (κ2) is 14.1. The summed E-state index contributed by atoms with van der Waals surface area (Å²) in [6.45, 7) is 5.84. The van der Waals surface area contributed by atoms with E-state index in [4.69, 9.17) is 16.2 Å². The van der Waals surface area contributed by atoms with Crippen LogP contribution in [-0.2, 0) is 14.4 Å². The minimum atomic E-state index is -0.995. The highest BCUT2D eigenvalue weighted by Crippen LogP contribution is 2.28. The quantitative estimate of drug-likeness (QED) is 0.209. The van der Waals surface area contributed by atoms with Gasteiger partial charge in [0.2, 0.25) is 11.8 Å². The molecule has 2 amide bonds. The largest absolute Gasteiger partial charge is 0.480 e. The maximum absolute atomic E-state index is 13.5. The number of nitrogens with two attached hydrogens (primary N) is 1. The number of carboxylic acid groups (broad SMARTS) is 1. The highest BCUT2D eigenvalue weighted by Gasteiger charge is 2.33. The zero-order valence-corrected chi connectivity index (χ0v) is 20.9. The van der Waals surface area contributed by atoms with Crippen LogP contribution in [0.25, 0.3) is 0 Å². The monoisotopic (exact) mass is 480 g/mol. The van der Waals surface area contributed by atoms with E-state index in [9.17, 15) is 14.4 Å². The number of piperidine rings is 1. The predicted molar refractivity (Wildman–Crippen MR) is 131 cm³/mol. The predicted octanol–water partition coefficient (Wildman–Crippen LogP) is 1.35. The third-order valence-corrected chi connectivity index (χ3v) is 7.21. The van der Waals surface area contributed by atoms with Gasteiger partial charge in [0.15, 0.2) is 5.96 Å². The van der Waals surface area contributed by atoms with Gasteiger partial charge in [-0.2, -0.15) is 0 Å². The first-order valence-corrected chi connectivity index (χ1v) is 12.8. The van der Waals surface area contributed by atoms with Crippen LogP contribution in [0, 0.1) is 17.2 Å². The summed E-state index contributed by atoms with van der Waals surface area (Å²) in [5, 5.41) is 22.6. The van der Waals surface area contributed by atoms with Gasteiger partial charge in [-0.1, -0.05) is 39.0 Å². The van der Waals surface area contributed by atoms with Gasteiger partial charge in [0.1, 0.15) is 6.04 Å². The first-order valence-electron chi connectivity index (χ1n) is 12.8. The summed E-state index contributed by atoms with van der Waals surface area (Å²) < 4.78 is 0. The lowest BCUT2D eigenvalue weighted by Crippen LogP contribution is -2.55. The lowest BCUT2D eigenvalue weighted by atomic mass is 9.84. The normalized spacial score (nSPS) is 19.3. The number of nitrogens with one attached hydrogen (secondary N) is 3. The number of carboxylic acids is 1. The molecule has 0 aromatic heterocycles. The lowest BCUT2D eigenvalue weighted by molar-refractivity contribution is -0.142. The average Bonchev–Trinajstić information content (AvgIpc) is 2.83. The molecule has 2 atom stereocenters. The Morgan fingerprint density at radius 1 is 1.12 bits per heavy atom. The Morgan fingerprint density at radius 2 is 1.76 bits per heavy atom. The summed E-state index contributed by atoms with van der Waals surface area (Å²) in [6.07, 6.45) is 8.65. The summed E-state index contributed by atoms with van der Waals surface area (Å²) in [7, 11) is 0. The van der Waals surface area contributed by atoms with Crippen molar-refractivity contribution in [3.05, 3.63) is 0 Å². The van der Waals surface area contributed by atoms with Gasteiger partial charge in [0.05, 0.1) is 12.6 Å². The number of guanidine groups is 1. The summed E-state index contributed by atoms with van der Waals surface area (Å²) >= 11 is 0. The number of rotatable bonds is 12. The Labute approximate surface area is 203 Å². The Balaban J connectivity index is 1.97. The van der Waals surface area contributed by atoms with Crippen molar-refractivity contribution in [2.45, 2.75) is 83.7 Å². The Kier molecular flexibility index (Phi) is 11.6. The van der Waals surface area contributed by atoms with E-state index < -0.39 is 18.1 Å². The van der Waals surface area contributed by atoms with Crippen molar-refractivity contribution in [1.82, 2.24) is 20.4 Å². The second-order valence-corrected chi connectivity index (χ2v) is 9.84. The molecule has 1 heterocycles. The molecule has 0 radical (unpaired) electrons. The van der Waals surface area contributed by atoms with Crippen LogP contribution in [0.2, 0.25) is 0 Å². The van der Waals surface area contributed by atoms with Crippen LogP contribution in [0.5, 0.6) is 0 Å². The Bertz CT molecular complexity index is 689. The topological polar surface area (TPSA) is 152 Å². The number of carbonyl (C=O) groups is 3. The molecular formula is C24H44N6O4. The van der Waals surface area contributed by atoms with E-state index in [-0.39, 0.29) is 24.3 Å². The highest BCUT2D eigenvalue weighted by molar-refractivity contribution is 5.90. The summed E-state index contributed by atoms with van der Waals surface area (Å²) in [6, 6.07) is -1.23. The molecule has 1 saturated heterocycles. The van der Waals surface area contributed by atoms with Crippen molar-refractivity contribution >= 4 is 23.7 Å². The van der Waals surface area contributed by atoms with E-state index in [1.54, 1.807) is 11.8 Å². The molecule has 194 valence electrons. The SMILES string of the molecule is CCCN(C(=O)C(CC1CCCCC1)NCC(=O)O)C(C)C(=O)NCC1CCN(C(=N)N)CC1. The minimum Gasteiger partial charge on any atom is -0.480 e. The molecule has 1 saturated carbocycles. The van der Waals surface area contributed by atoms with Gasteiger partial charge in [0.25, 0.3) is 0 Å². The number of carbonyl (C=O) groups excluding carboxylic acids is 2. The fourth-order valence-corrected chi connectivity index (χ4v) is 5.09. The molecule has 1 aliphatic carbocycles. The highest BCUT2D eigenvalue weighted by atomic mass is 16.4. The first-order chi connectivity index (χ1) is 16.2. The van der Waals surface area contributed by atoms with Crippen molar-refractivity contribution in [2.24, 2.45) is 17.6 Å². The van der Waals surface area contributed by atoms with Gasteiger partial charge in [-0.15, -0.1) is 0 Å². The van der Waals surface area contributed by atoms with Crippen molar-refractivity contribution in [3.63, 3.8) is 0 Å². The van der Waals surface area contributed by atoms with Crippen molar-refractivity contribution in [1.29, 1.82) is 5.41 Å². The number of aliphatic carboxylic acids is 1. The van der Waals surface area contributed by atoms with Gasteiger partial charge < -0.3 is 26.0 Å². The Morgan fingerprint density at radius 3 is 2.32 bits per heavy atom. The van der Waals surface area contributed by atoms with E-state index in [1.807, 2.05) is 11.8 Å². The zero-order chi connectivity index (χ0) is 25.1. The molecule has 1 aliphatic heterocycles. The van der Waals surface area contributed by atoms with Crippen LogP contribution in [0.15, 0.2) is 0 Å². The summed E-state index contributed by atoms with van der Waals surface area (Å²) in [5.74, 6) is -0.568. The summed E-state index contributed by atoms with van der Waals surface area (Å²) in [4.78, 5) is 41.1. The van der Waals surface area contributed by atoms with E-state index in [0.29, 0.717) is 50.9 Å². The third-order valence-electron chi connectivity index (χ3n) is 7.21. The maximum Gasteiger partial charge on any atom is 0.317 e. The molecule has 0 aromatic carbocycles. The molecule has 0 bridgehead atoms. The number of nitrogens with zero attached hydrogens (tertiary/aromatic N) is 2. The van der Waals surface area contributed by atoms with Gasteiger partial charge in [-0.25, -0.2) is 0 Å². The van der Waals surface area contributed by atoms with Crippen LogP contribution in [0.4, 0.5) is 0 Å². The molecule has 0 spiro atoms. The first kappa shape index (κ1) is 27.9. The number of hydrogen-bond donors (Lipinski definition) is 5. The molecule has 2 aliphatic rings. The lowest BCUT2D eigenvalue weighted by Gasteiger charge is -2.35. The van der Waals surface area contributed by atoms with Gasteiger partial charge >= 0.3 is 5.97 Å². The molecule has 34 heavy (non-hydrogen) atoms. The van der Waals surface area contributed by atoms with Crippen LogP contribution >= 0.6 is 0 Å². The smallest absolute Gasteiger partial charge is 0.317 e. The number of hydrogen-bond acceptors (Lipinski definition) is 5. The molecule has 10 nitrogen and oxygen atoms in total. The van der Waals surface area contributed by atoms with E-state index in [2.05, 4.69) is 10.6 Å². The van der Waals surface area contributed by atoms with E-state index in [0.717, 1.165) is 38.5 Å². The standard InChI is InChI=1S/C24H44N6O4/c1-3-11-30(17(2)22(33)28-15-19-9-12-29(13-10-19)24(25)26)23(34)20(27-16-21(31)32)14-18-7-5-4-6-8-18/h17-20,27H,3-16H2,1-2H3,(H3,25,26)(H,28,33)(H,31,32). The van der Waals surface area contributed by atoms with Gasteiger partial charge in [-0.05, 0) is 44.4 Å². The van der Waals surface area contributed by atoms with E-state index in [1.165, 1.54) is 6.42 Å². The molecule has 2 fully saturated rings. The molecule has 10 heteroatoms. The molecular weight excluding hydrogens is 436 g/mol. The van der Waals surface area contributed by atoms with Crippen molar-refractivity contribution in [2.75, 3.05) is 32.7 Å². The van der Waals surface area contributed by atoms with Crippen LogP contribution < -0.4 is 16.4 Å². The summed E-state index contributed by atoms with van der Waals surface area (Å²) in [5.41, 5.74) is 5.55. The van der Waals surface area contributed by atoms with Crippen LogP contribution in [0.1, 0.15) is 71.6 Å². The van der Waals surface area contributed by atoms with Crippen molar-refractivity contribution in [3.8, 4) is 0 Å². The van der Waals surface area contributed by atoms with Crippen molar-refractivity contribution < 1.29 is 19.5 Å². The molecule has 2 unspecified atom stereocenters. The fraction of sp³-hybridized carbons (Fsp3) is 0.833. The van der Waals surface area contributed by atoms with Crippen LogP contribution in [0.3, 0.4) is 0 Å². The molecule has 0 aromatic rings. The second-order valence-electron chi connectivity index (χ2n) is 9.84. The average molecular weight is 481 g/mol. The van der Waals surface area contributed by atoms with Gasteiger partial charge in [0, 0.05) is 26.2 Å². The fourth-order valence-electron chi connectivity index (χ4n) is 5.09. The Hall–Kier alpha value is -2.36. The number of likely N-dealkylation sites (tertiary alicyclic amines) is 1. The van der Waals surface area contributed by atoms with Crippen LogP contribution in [-0.4, -0.2) is 83.5 Å².